The Morgan fingerprint density at radius 3 is 1.98 bits per heavy atom. The third-order valence-electron chi connectivity index (χ3n) is 7.21. The number of methoxy groups -OCH3 is 1. The number of hydrogen-bond donors (Lipinski definition) is 0. The molecule has 5 aromatic rings. The Morgan fingerprint density at radius 1 is 0.659 bits per heavy atom. The van der Waals surface area contributed by atoms with Crippen molar-refractivity contribution in [3.05, 3.63) is 149 Å². The normalized spacial score (nSPS) is 16.1. The van der Waals surface area contributed by atoms with Crippen LogP contribution in [0.25, 0.3) is 0 Å². The summed E-state index contributed by atoms with van der Waals surface area (Å²) in [6.07, 6.45) is 0. The lowest BCUT2D eigenvalue weighted by molar-refractivity contribution is 0.0251. The second-order valence-electron chi connectivity index (χ2n) is 9.76. The van der Waals surface area contributed by atoms with E-state index in [0.29, 0.717) is 28.4 Å². The molecule has 6 rings (SSSR count). The molecule has 1 atom stereocenters. The van der Waals surface area contributed by atoms with Gasteiger partial charge in [0.25, 0.3) is 0 Å². The van der Waals surface area contributed by atoms with Crippen LogP contribution in [0, 0.1) is 6.92 Å². The summed E-state index contributed by atoms with van der Waals surface area (Å²) in [5.74, 6) is 1.25. The molecule has 6 nitrogen and oxygen atoms in total. The topological polar surface area (TPSA) is 78.9 Å². The average Bonchev–Trinajstić information content (AvgIpc) is 3.31. The molecule has 1 heterocycles. The Bertz CT molecular complexity index is 1840. The minimum absolute atomic E-state index is 0.176. The number of sulfone groups is 1. The summed E-state index contributed by atoms with van der Waals surface area (Å²) in [4.78, 5) is 13.4. The van der Waals surface area contributed by atoms with Gasteiger partial charge >= 0.3 is 5.97 Å². The number of cyclic esters (lactones) is 1. The van der Waals surface area contributed by atoms with Gasteiger partial charge in [0.15, 0.2) is 5.60 Å². The van der Waals surface area contributed by atoms with Crippen LogP contribution < -0.4 is 9.47 Å². The van der Waals surface area contributed by atoms with Gasteiger partial charge in [-0.15, -0.1) is 0 Å². The van der Waals surface area contributed by atoms with Gasteiger partial charge in [-0.25, -0.2) is 13.2 Å². The predicted octanol–water partition coefficient (Wildman–Crippen LogP) is 7.09. The van der Waals surface area contributed by atoms with Crippen LogP contribution in [0.1, 0.15) is 32.6 Å². The molecule has 1 unspecified atom stereocenters. The molecule has 0 fully saturated rings. The number of aryl methyl sites for hydroxylation is 1. The van der Waals surface area contributed by atoms with E-state index in [2.05, 4.69) is 0 Å². The van der Waals surface area contributed by atoms with Crippen molar-refractivity contribution in [2.45, 2.75) is 22.3 Å². The van der Waals surface area contributed by atoms with Crippen molar-refractivity contribution in [1.82, 2.24) is 0 Å². The molecule has 204 valence electrons. The van der Waals surface area contributed by atoms with Crippen LogP contribution in [0.3, 0.4) is 0 Å². The molecule has 1 aliphatic rings. The second kappa shape index (κ2) is 10.3. The minimum atomic E-state index is -3.65. The number of rotatable bonds is 7. The lowest BCUT2D eigenvalue weighted by Crippen LogP contribution is -2.29. The molecule has 0 N–H and O–H groups in total. The number of ether oxygens (including phenoxy) is 3. The van der Waals surface area contributed by atoms with E-state index in [1.165, 1.54) is 12.1 Å². The van der Waals surface area contributed by atoms with Gasteiger partial charge in [0, 0.05) is 16.7 Å². The number of fused-ring (bicyclic) bond motifs is 1. The molecule has 5 aromatic carbocycles. The van der Waals surface area contributed by atoms with Gasteiger partial charge in [0.1, 0.15) is 17.2 Å². The highest BCUT2D eigenvalue weighted by Crippen LogP contribution is 2.48. The highest BCUT2D eigenvalue weighted by Gasteiger charge is 2.48. The number of carbonyl (C=O) groups is 1. The molecule has 41 heavy (non-hydrogen) atoms. The maximum absolute atomic E-state index is 13.1. The molecule has 0 radical (unpaired) electrons. The molecule has 0 saturated heterocycles. The highest BCUT2D eigenvalue weighted by atomic mass is 32.2. The van der Waals surface area contributed by atoms with Gasteiger partial charge in [0.2, 0.25) is 9.84 Å². The maximum atomic E-state index is 13.1. The van der Waals surface area contributed by atoms with Crippen molar-refractivity contribution in [2.24, 2.45) is 0 Å². The Hall–Kier alpha value is -4.88. The molecule has 0 bridgehead atoms. The average molecular weight is 563 g/mol. The van der Waals surface area contributed by atoms with Gasteiger partial charge in [-0.05, 0) is 73.7 Å². The lowest BCUT2D eigenvalue weighted by atomic mass is 9.80. The summed E-state index contributed by atoms with van der Waals surface area (Å²) in [7, 11) is -2.06. The van der Waals surface area contributed by atoms with Crippen LogP contribution in [0.5, 0.6) is 17.2 Å². The van der Waals surface area contributed by atoms with Gasteiger partial charge < -0.3 is 14.2 Å². The Morgan fingerprint density at radius 2 is 1.29 bits per heavy atom. The fourth-order valence-corrected chi connectivity index (χ4v) is 6.35. The number of benzene rings is 5. The summed E-state index contributed by atoms with van der Waals surface area (Å²) in [5.41, 5.74) is 2.50. The summed E-state index contributed by atoms with van der Waals surface area (Å²) in [6, 6.07) is 35.2. The third kappa shape index (κ3) is 4.64. The van der Waals surface area contributed by atoms with Crippen LogP contribution in [-0.2, 0) is 20.2 Å². The first-order valence-electron chi connectivity index (χ1n) is 13.0. The van der Waals surface area contributed by atoms with E-state index < -0.39 is 21.4 Å². The summed E-state index contributed by atoms with van der Waals surface area (Å²) < 4.78 is 43.8. The zero-order valence-electron chi connectivity index (χ0n) is 22.4. The van der Waals surface area contributed by atoms with Crippen LogP contribution in [0.2, 0.25) is 0 Å². The first kappa shape index (κ1) is 26.3. The minimum Gasteiger partial charge on any atom is -0.497 e. The molecule has 1 aliphatic heterocycles. The van der Waals surface area contributed by atoms with E-state index in [0.717, 1.165) is 16.7 Å². The van der Waals surface area contributed by atoms with Crippen LogP contribution in [-0.4, -0.2) is 21.5 Å². The van der Waals surface area contributed by atoms with E-state index >= 15 is 0 Å². The molecule has 7 heteroatoms. The standard InChI is InChI=1S/C34H26O6S/c1-23-10-18-29(19-11-23)41(36,37)30-20-16-27(17-21-30)39-28-7-5-6-25(22-28)34(24-12-14-26(38-2)15-13-24)32-9-4-3-8-31(32)33(35)40-34/h3-22H,1-2H3. The van der Waals surface area contributed by atoms with Crippen LogP contribution in [0.15, 0.2) is 131 Å². The van der Waals surface area contributed by atoms with E-state index in [-0.39, 0.29) is 9.79 Å². The van der Waals surface area contributed by atoms with Crippen LogP contribution in [0.4, 0.5) is 0 Å². The van der Waals surface area contributed by atoms with E-state index in [1.54, 1.807) is 55.6 Å². The zero-order chi connectivity index (χ0) is 28.6. The number of carbonyl (C=O) groups excluding carboxylic acids is 1. The van der Waals surface area contributed by atoms with E-state index in [9.17, 15) is 13.2 Å². The Labute approximate surface area is 238 Å². The Kier molecular flexibility index (Phi) is 6.59. The van der Waals surface area contributed by atoms with E-state index in [4.69, 9.17) is 14.2 Å². The smallest absolute Gasteiger partial charge is 0.340 e. The zero-order valence-corrected chi connectivity index (χ0v) is 23.2. The summed E-state index contributed by atoms with van der Waals surface area (Å²) >= 11 is 0. The molecular weight excluding hydrogens is 536 g/mol. The molecule has 0 aromatic heterocycles. The number of esters is 1. The largest absolute Gasteiger partial charge is 0.497 e. The van der Waals surface area contributed by atoms with Crippen molar-refractivity contribution in [2.75, 3.05) is 7.11 Å². The van der Waals surface area contributed by atoms with Crippen molar-refractivity contribution in [3.63, 3.8) is 0 Å². The molecule has 0 spiro atoms. The van der Waals surface area contributed by atoms with Crippen molar-refractivity contribution in [1.29, 1.82) is 0 Å². The molecule has 0 amide bonds. The predicted molar refractivity (Wildman–Crippen MR) is 154 cm³/mol. The molecule has 0 aliphatic carbocycles. The van der Waals surface area contributed by atoms with E-state index in [1.807, 2.05) is 67.6 Å². The maximum Gasteiger partial charge on any atom is 0.340 e. The fraction of sp³-hybridized carbons (Fsp3) is 0.0882. The Balaban J connectivity index is 1.35. The SMILES string of the molecule is COc1ccc(C2(c3cccc(Oc4ccc(S(=O)(=O)c5ccc(C)cc5)cc4)c3)OC(=O)c3ccccc32)cc1. The van der Waals surface area contributed by atoms with Crippen molar-refractivity contribution < 1.29 is 27.4 Å². The number of hydrogen-bond acceptors (Lipinski definition) is 6. The first-order chi connectivity index (χ1) is 19.8. The summed E-state index contributed by atoms with van der Waals surface area (Å²) in [6.45, 7) is 1.91. The van der Waals surface area contributed by atoms with Gasteiger partial charge in [-0.3, -0.25) is 0 Å². The quantitative estimate of drug-likeness (QED) is 0.197. The lowest BCUT2D eigenvalue weighted by Gasteiger charge is -2.30. The first-order valence-corrected chi connectivity index (χ1v) is 14.5. The molecular formula is C34H26O6S. The van der Waals surface area contributed by atoms with Crippen LogP contribution >= 0.6 is 0 Å². The van der Waals surface area contributed by atoms with Crippen molar-refractivity contribution in [3.8, 4) is 17.2 Å². The third-order valence-corrected chi connectivity index (χ3v) is 9.00. The fourth-order valence-electron chi connectivity index (χ4n) is 5.09. The highest BCUT2D eigenvalue weighted by molar-refractivity contribution is 7.91. The summed E-state index contributed by atoms with van der Waals surface area (Å²) in [5, 5.41) is 0. The monoisotopic (exact) mass is 562 g/mol. The van der Waals surface area contributed by atoms with Gasteiger partial charge in [-0.2, -0.15) is 0 Å². The molecule has 0 saturated carbocycles. The van der Waals surface area contributed by atoms with Crippen molar-refractivity contribution >= 4 is 15.8 Å². The van der Waals surface area contributed by atoms with Gasteiger partial charge in [-0.1, -0.05) is 60.2 Å². The van der Waals surface area contributed by atoms with Gasteiger partial charge in [0.05, 0.1) is 22.5 Å². The second-order valence-corrected chi connectivity index (χ2v) is 11.7.